The van der Waals surface area contributed by atoms with Crippen molar-refractivity contribution in [2.45, 2.75) is 51.5 Å². The topological polar surface area (TPSA) is 17.8 Å². The molecule has 0 radical (unpaired) electrons. The molecule has 1 aromatic heterocycles. The van der Waals surface area contributed by atoms with Crippen molar-refractivity contribution in [1.82, 2.24) is 9.55 Å². The minimum absolute atomic E-state index is 0.101. The van der Waals surface area contributed by atoms with E-state index < -0.39 is 0 Å². The van der Waals surface area contributed by atoms with E-state index in [1.807, 2.05) is 19.1 Å². The Balaban J connectivity index is 1.96. The number of aromatic nitrogens is 2. The van der Waals surface area contributed by atoms with Gasteiger partial charge in [-0.05, 0) is 43.7 Å². The highest BCUT2D eigenvalue weighted by Gasteiger charge is 2.22. The molecule has 0 N–H and O–H groups in total. The Bertz CT molecular complexity index is 625. The van der Waals surface area contributed by atoms with Crippen LogP contribution >= 0.6 is 23.2 Å². The fraction of sp³-hybridized carbons (Fsp3) is 0.588. The summed E-state index contributed by atoms with van der Waals surface area (Å²) in [5, 5.41) is 0.609. The number of fused-ring (bicyclic) bond motifs is 1. The van der Waals surface area contributed by atoms with Gasteiger partial charge in [-0.1, -0.05) is 37.4 Å². The Hall–Kier alpha value is -0.730. The number of nitrogens with zero attached hydrogens (tertiary/aromatic N) is 2. The first-order valence-corrected chi connectivity index (χ1v) is 8.66. The highest BCUT2D eigenvalue weighted by molar-refractivity contribution is 6.35. The summed E-state index contributed by atoms with van der Waals surface area (Å²) in [4.78, 5) is 4.69. The molecule has 1 aromatic carbocycles. The largest absolute Gasteiger partial charge is 0.326 e. The molecule has 0 spiro atoms. The summed E-state index contributed by atoms with van der Waals surface area (Å²) in [7, 11) is 0. The molecule has 1 fully saturated rings. The average molecular weight is 325 g/mol. The third-order valence-electron chi connectivity index (χ3n) is 4.69. The number of hydrogen-bond acceptors (Lipinski definition) is 1. The summed E-state index contributed by atoms with van der Waals surface area (Å²) in [6.45, 7) is 5.35. The number of rotatable bonds is 3. The van der Waals surface area contributed by atoms with Gasteiger partial charge < -0.3 is 4.57 Å². The minimum Gasteiger partial charge on any atom is -0.326 e. The van der Waals surface area contributed by atoms with E-state index >= 15 is 0 Å². The second-order valence-corrected chi connectivity index (χ2v) is 7.49. The van der Waals surface area contributed by atoms with E-state index in [9.17, 15) is 0 Å². The first-order chi connectivity index (χ1) is 10.1. The van der Waals surface area contributed by atoms with E-state index in [-0.39, 0.29) is 5.38 Å². The summed E-state index contributed by atoms with van der Waals surface area (Å²) in [5.74, 6) is 2.55. The van der Waals surface area contributed by atoms with Crippen molar-refractivity contribution in [3.8, 4) is 0 Å². The van der Waals surface area contributed by atoms with Gasteiger partial charge in [0, 0.05) is 6.54 Å². The van der Waals surface area contributed by atoms with Crippen LogP contribution in [0.5, 0.6) is 0 Å². The molecule has 1 heterocycles. The summed E-state index contributed by atoms with van der Waals surface area (Å²) in [6.07, 6.45) is 5.28. The molecular formula is C17H22Cl2N2. The van der Waals surface area contributed by atoms with Crippen LogP contribution in [0.3, 0.4) is 0 Å². The van der Waals surface area contributed by atoms with Gasteiger partial charge in [0.1, 0.15) is 11.3 Å². The van der Waals surface area contributed by atoms with Gasteiger partial charge in [-0.2, -0.15) is 0 Å². The van der Waals surface area contributed by atoms with E-state index in [0.717, 1.165) is 35.2 Å². The first-order valence-electron chi connectivity index (χ1n) is 7.85. The average Bonchev–Trinajstić information content (AvgIpc) is 2.82. The molecule has 0 bridgehead atoms. The molecule has 2 nitrogen and oxygen atoms in total. The van der Waals surface area contributed by atoms with Gasteiger partial charge in [-0.3, -0.25) is 0 Å². The summed E-state index contributed by atoms with van der Waals surface area (Å²) in [5.41, 5.74) is 1.99. The molecule has 114 valence electrons. The fourth-order valence-electron chi connectivity index (χ4n) is 3.40. The lowest BCUT2D eigenvalue weighted by Gasteiger charge is -2.27. The van der Waals surface area contributed by atoms with Crippen LogP contribution in [0.1, 0.15) is 50.7 Å². The van der Waals surface area contributed by atoms with Gasteiger partial charge in [0.15, 0.2) is 0 Å². The van der Waals surface area contributed by atoms with Crippen LogP contribution in [-0.4, -0.2) is 9.55 Å². The molecular weight excluding hydrogens is 303 g/mol. The predicted octanol–water partition coefficient (Wildman–Crippen LogP) is 5.82. The molecule has 3 rings (SSSR count). The maximum Gasteiger partial charge on any atom is 0.127 e. The second kappa shape index (κ2) is 6.18. The summed E-state index contributed by atoms with van der Waals surface area (Å²) < 4.78 is 2.29. The van der Waals surface area contributed by atoms with Gasteiger partial charge in [0.2, 0.25) is 0 Å². The zero-order valence-electron chi connectivity index (χ0n) is 12.6. The van der Waals surface area contributed by atoms with E-state index in [2.05, 4.69) is 17.6 Å². The van der Waals surface area contributed by atoms with Crippen molar-refractivity contribution < 1.29 is 0 Å². The van der Waals surface area contributed by atoms with Gasteiger partial charge in [0.05, 0.1) is 15.9 Å². The molecule has 0 aliphatic heterocycles. The van der Waals surface area contributed by atoms with E-state index in [1.165, 1.54) is 25.7 Å². The molecule has 1 unspecified atom stereocenters. The lowest BCUT2D eigenvalue weighted by atomic mass is 9.83. The van der Waals surface area contributed by atoms with Gasteiger partial charge in [-0.25, -0.2) is 4.98 Å². The third-order valence-corrected chi connectivity index (χ3v) is 5.19. The van der Waals surface area contributed by atoms with Crippen molar-refractivity contribution in [2.75, 3.05) is 0 Å². The third kappa shape index (κ3) is 3.07. The molecule has 1 aliphatic carbocycles. The minimum atomic E-state index is -0.101. The fourth-order valence-corrected chi connectivity index (χ4v) is 3.77. The molecule has 0 saturated heterocycles. The number of benzene rings is 1. The molecule has 4 heteroatoms. The maximum atomic E-state index is 6.35. The Labute approximate surface area is 136 Å². The van der Waals surface area contributed by atoms with Crippen LogP contribution in [-0.2, 0) is 6.54 Å². The van der Waals surface area contributed by atoms with Crippen LogP contribution in [0.4, 0.5) is 0 Å². The van der Waals surface area contributed by atoms with E-state index in [1.54, 1.807) is 0 Å². The second-order valence-electron chi connectivity index (χ2n) is 6.43. The number of alkyl halides is 1. The lowest BCUT2D eigenvalue weighted by molar-refractivity contribution is 0.265. The number of hydrogen-bond donors (Lipinski definition) is 0. The Kier molecular flexibility index (Phi) is 4.46. The monoisotopic (exact) mass is 324 g/mol. The van der Waals surface area contributed by atoms with Crippen molar-refractivity contribution in [3.63, 3.8) is 0 Å². The Morgan fingerprint density at radius 3 is 2.67 bits per heavy atom. The van der Waals surface area contributed by atoms with Crippen LogP contribution < -0.4 is 0 Å². The number of imidazole rings is 1. The SMILES string of the molecule is CC1CCC(Cn2c(C(C)Cl)nc3c(Cl)cccc32)CC1. The lowest BCUT2D eigenvalue weighted by Crippen LogP contribution is -2.19. The molecule has 1 atom stereocenters. The molecule has 21 heavy (non-hydrogen) atoms. The number of halogens is 2. The smallest absolute Gasteiger partial charge is 0.127 e. The first kappa shape index (κ1) is 15.2. The van der Waals surface area contributed by atoms with Crippen LogP contribution in [0.15, 0.2) is 18.2 Å². The molecule has 2 aromatic rings. The quantitative estimate of drug-likeness (QED) is 0.651. The Morgan fingerprint density at radius 2 is 2.00 bits per heavy atom. The summed E-state index contributed by atoms with van der Waals surface area (Å²) in [6, 6.07) is 5.99. The Morgan fingerprint density at radius 1 is 1.29 bits per heavy atom. The normalized spacial score (nSPS) is 24.4. The van der Waals surface area contributed by atoms with Crippen LogP contribution in [0, 0.1) is 11.8 Å². The van der Waals surface area contributed by atoms with Gasteiger partial charge in [0.25, 0.3) is 0 Å². The molecule has 0 amide bonds. The highest BCUT2D eigenvalue weighted by atomic mass is 35.5. The maximum absolute atomic E-state index is 6.35. The van der Waals surface area contributed by atoms with Crippen molar-refractivity contribution in [1.29, 1.82) is 0 Å². The molecule has 1 aliphatic rings. The van der Waals surface area contributed by atoms with E-state index in [0.29, 0.717) is 5.02 Å². The van der Waals surface area contributed by atoms with Gasteiger partial charge >= 0.3 is 0 Å². The zero-order chi connectivity index (χ0) is 15.0. The zero-order valence-corrected chi connectivity index (χ0v) is 14.2. The van der Waals surface area contributed by atoms with E-state index in [4.69, 9.17) is 28.2 Å². The molecule has 1 saturated carbocycles. The van der Waals surface area contributed by atoms with Crippen LogP contribution in [0.2, 0.25) is 5.02 Å². The highest BCUT2D eigenvalue weighted by Crippen LogP contribution is 2.33. The van der Waals surface area contributed by atoms with Gasteiger partial charge in [-0.15, -0.1) is 11.6 Å². The van der Waals surface area contributed by atoms with Crippen molar-refractivity contribution in [2.24, 2.45) is 11.8 Å². The standard InChI is InChI=1S/C17H22Cl2N2/c1-11-6-8-13(9-7-11)10-21-15-5-3-4-14(19)16(15)20-17(21)12(2)18/h3-5,11-13H,6-10H2,1-2H3. The predicted molar refractivity (Wildman–Crippen MR) is 90.1 cm³/mol. The van der Waals surface area contributed by atoms with Crippen molar-refractivity contribution >= 4 is 34.2 Å². The van der Waals surface area contributed by atoms with Crippen molar-refractivity contribution in [3.05, 3.63) is 29.0 Å². The summed E-state index contributed by atoms with van der Waals surface area (Å²) >= 11 is 12.6. The number of para-hydroxylation sites is 1. The van der Waals surface area contributed by atoms with Crippen LogP contribution in [0.25, 0.3) is 11.0 Å².